The molecular weight excluding hydrogens is 435 g/mol. The highest BCUT2D eigenvalue weighted by molar-refractivity contribution is 7.98. The topological polar surface area (TPSA) is 58.6 Å². The van der Waals surface area contributed by atoms with Gasteiger partial charge >= 0.3 is 0 Å². The van der Waals surface area contributed by atoms with Gasteiger partial charge in [-0.3, -0.25) is 4.79 Å². The molecule has 1 amide bonds. The lowest BCUT2D eigenvalue weighted by atomic mass is 10.1. The van der Waals surface area contributed by atoms with Gasteiger partial charge in [-0.15, -0.1) is 11.3 Å². The molecule has 2 aliphatic heterocycles. The van der Waals surface area contributed by atoms with Crippen molar-refractivity contribution in [2.45, 2.75) is 17.9 Å². The van der Waals surface area contributed by atoms with Gasteiger partial charge in [0.15, 0.2) is 17.6 Å². The van der Waals surface area contributed by atoms with Gasteiger partial charge in [0.2, 0.25) is 0 Å². The zero-order chi connectivity index (χ0) is 21.5. The molecular formula is C22H21FN4O2S2. The number of nitrogens with zero attached hydrogens (tertiary/aromatic N) is 4. The molecule has 4 heterocycles. The highest BCUT2D eigenvalue weighted by Crippen LogP contribution is 2.44. The van der Waals surface area contributed by atoms with Gasteiger partial charge in [-0.25, -0.2) is 9.97 Å². The molecule has 31 heavy (non-hydrogen) atoms. The lowest BCUT2D eigenvalue weighted by molar-refractivity contribution is -0.130. The number of carbonyl (C=O) groups is 1. The van der Waals surface area contributed by atoms with E-state index in [2.05, 4.69) is 11.0 Å². The Bertz CT molecular complexity index is 1160. The normalized spacial score (nSPS) is 14.5. The summed E-state index contributed by atoms with van der Waals surface area (Å²) in [5.74, 6) is 3.81. The van der Waals surface area contributed by atoms with E-state index in [9.17, 15) is 9.18 Å². The van der Waals surface area contributed by atoms with Crippen molar-refractivity contribution < 1.29 is 13.9 Å². The van der Waals surface area contributed by atoms with E-state index < -0.39 is 0 Å². The third kappa shape index (κ3) is 3.76. The number of aromatic nitrogens is 2. The molecule has 2 aromatic heterocycles. The number of rotatable bonds is 5. The van der Waals surface area contributed by atoms with Crippen LogP contribution in [0.25, 0.3) is 10.7 Å². The van der Waals surface area contributed by atoms with Crippen molar-refractivity contribution in [1.82, 2.24) is 14.9 Å². The van der Waals surface area contributed by atoms with Crippen molar-refractivity contribution in [2.75, 3.05) is 32.1 Å². The maximum Gasteiger partial charge on any atom is 0.259 e. The Kier molecular flexibility index (Phi) is 5.31. The predicted octanol–water partition coefficient (Wildman–Crippen LogP) is 4.25. The summed E-state index contributed by atoms with van der Waals surface area (Å²) >= 11 is 2.88. The first-order valence-electron chi connectivity index (χ1n) is 9.97. The monoisotopic (exact) mass is 456 g/mol. The number of benzene rings is 1. The van der Waals surface area contributed by atoms with Gasteiger partial charge in [-0.1, -0.05) is 6.07 Å². The summed E-state index contributed by atoms with van der Waals surface area (Å²) in [5.41, 5.74) is 4.29. The summed E-state index contributed by atoms with van der Waals surface area (Å²) in [4.78, 5) is 26.0. The van der Waals surface area contributed by atoms with Gasteiger partial charge in [0.05, 0.1) is 10.6 Å². The molecule has 0 unspecified atom stereocenters. The Morgan fingerprint density at radius 1 is 1.19 bits per heavy atom. The maximum atomic E-state index is 13.6. The minimum absolute atomic E-state index is 0.0110. The second-order valence-electron chi connectivity index (χ2n) is 7.62. The number of hydrogen-bond acceptors (Lipinski definition) is 7. The van der Waals surface area contributed by atoms with Crippen molar-refractivity contribution >= 4 is 40.5 Å². The molecule has 0 saturated heterocycles. The van der Waals surface area contributed by atoms with Gasteiger partial charge < -0.3 is 14.5 Å². The summed E-state index contributed by atoms with van der Waals surface area (Å²) < 4.78 is 19.5. The van der Waals surface area contributed by atoms with E-state index in [4.69, 9.17) is 14.7 Å². The van der Waals surface area contributed by atoms with Gasteiger partial charge in [-0.2, -0.15) is 16.2 Å². The lowest BCUT2D eigenvalue weighted by Crippen LogP contribution is -2.27. The van der Waals surface area contributed by atoms with Crippen LogP contribution in [0, 0.1) is 5.13 Å². The Hall–Kier alpha value is -2.65. The summed E-state index contributed by atoms with van der Waals surface area (Å²) in [6.07, 6.45) is 0.802. The SMILES string of the molecule is CN(C)C(=O)COc1cccc2c1CCN2c1nc(-c2ccc(F)s2)nc2c1CSC2. The largest absolute Gasteiger partial charge is 0.483 e. The number of hydrogen-bond donors (Lipinski definition) is 0. The predicted molar refractivity (Wildman–Crippen MR) is 122 cm³/mol. The van der Waals surface area contributed by atoms with Crippen LogP contribution in [0.15, 0.2) is 30.3 Å². The Morgan fingerprint density at radius 3 is 2.84 bits per heavy atom. The van der Waals surface area contributed by atoms with Crippen LogP contribution in [0.5, 0.6) is 5.75 Å². The maximum absolute atomic E-state index is 13.6. The standard InChI is InChI=1S/C22H21FN4O2S2/c1-26(2)20(28)10-29-17-5-3-4-16-13(17)8-9-27(16)22-14-11-30-12-15(14)24-21(25-22)18-6-7-19(23)31-18/h3-7H,8-12H2,1-2H3. The fraction of sp³-hybridized carbons (Fsp3) is 0.318. The van der Waals surface area contributed by atoms with Gasteiger partial charge in [0, 0.05) is 49.0 Å². The van der Waals surface area contributed by atoms with Crippen molar-refractivity contribution in [2.24, 2.45) is 0 Å². The summed E-state index contributed by atoms with van der Waals surface area (Å²) in [7, 11) is 3.43. The molecule has 0 saturated carbocycles. The molecule has 0 radical (unpaired) electrons. The van der Waals surface area contributed by atoms with E-state index in [1.807, 2.05) is 23.9 Å². The van der Waals surface area contributed by atoms with E-state index in [0.717, 1.165) is 74.8 Å². The van der Waals surface area contributed by atoms with Crippen LogP contribution in [0.3, 0.4) is 0 Å². The molecule has 1 aromatic carbocycles. The van der Waals surface area contributed by atoms with E-state index in [1.54, 1.807) is 20.2 Å². The average Bonchev–Trinajstić information content (AvgIpc) is 3.50. The molecule has 6 nitrogen and oxygen atoms in total. The smallest absolute Gasteiger partial charge is 0.259 e. The van der Waals surface area contributed by atoms with Crippen LogP contribution >= 0.6 is 23.1 Å². The van der Waals surface area contributed by atoms with Crippen LogP contribution in [0.4, 0.5) is 15.9 Å². The minimum Gasteiger partial charge on any atom is -0.483 e. The number of amides is 1. The van der Waals surface area contributed by atoms with Gasteiger partial charge in [-0.05, 0) is 30.7 Å². The number of thiophene rings is 1. The van der Waals surface area contributed by atoms with Crippen LogP contribution in [0.1, 0.15) is 16.8 Å². The number of ether oxygens (including phenoxy) is 1. The van der Waals surface area contributed by atoms with Crippen molar-refractivity contribution in [1.29, 1.82) is 0 Å². The third-order valence-electron chi connectivity index (χ3n) is 5.44. The van der Waals surface area contributed by atoms with Crippen molar-refractivity contribution in [3.05, 3.63) is 52.3 Å². The quantitative estimate of drug-likeness (QED) is 0.572. The number of thioether (sulfide) groups is 1. The number of fused-ring (bicyclic) bond motifs is 2. The molecule has 0 spiro atoms. The Labute approximate surface area is 188 Å². The Morgan fingerprint density at radius 2 is 2.06 bits per heavy atom. The van der Waals surface area contributed by atoms with Crippen LogP contribution < -0.4 is 9.64 Å². The fourth-order valence-corrected chi connectivity index (χ4v) is 5.53. The lowest BCUT2D eigenvalue weighted by Gasteiger charge is -2.22. The molecule has 0 bridgehead atoms. The zero-order valence-electron chi connectivity index (χ0n) is 17.2. The highest BCUT2D eigenvalue weighted by Gasteiger charge is 2.30. The summed E-state index contributed by atoms with van der Waals surface area (Å²) in [6, 6.07) is 9.10. The molecule has 0 aliphatic carbocycles. The average molecular weight is 457 g/mol. The molecule has 3 aromatic rings. The number of anilines is 2. The van der Waals surface area contributed by atoms with Crippen LogP contribution in [0.2, 0.25) is 0 Å². The first-order chi connectivity index (χ1) is 15.0. The van der Waals surface area contributed by atoms with E-state index in [1.165, 1.54) is 11.0 Å². The first kappa shape index (κ1) is 20.3. The molecule has 2 aliphatic rings. The van der Waals surface area contributed by atoms with Crippen LogP contribution in [-0.2, 0) is 22.7 Å². The van der Waals surface area contributed by atoms with E-state index in [-0.39, 0.29) is 17.6 Å². The highest BCUT2D eigenvalue weighted by atomic mass is 32.2. The summed E-state index contributed by atoms with van der Waals surface area (Å²) in [6.45, 7) is 0.779. The first-order valence-corrected chi connectivity index (χ1v) is 11.9. The third-order valence-corrected chi connectivity index (χ3v) is 7.28. The zero-order valence-corrected chi connectivity index (χ0v) is 18.9. The molecule has 160 valence electrons. The van der Waals surface area contributed by atoms with Crippen molar-refractivity contribution in [3.63, 3.8) is 0 Å². The number of halogens is 1. The van der Waals surface area contributed by atoms with Crippen LogP contribution in [-0.4, -0.2) is 48.0 Å². The van der Waals surface area contributed by atoms with E-state index in [0.29, 0.717) is 5.82 Å². The summed E-state index contributed by atoms with van der Waals surface area (Å²) in [5, 5.41) is -0.240. The van der Waals surface area contributed by atoms with E-state index >= 15 is 0 Å². The second-order valence-corrected chi connectivity index (χ2v) is 9.64. The molecule has 9 heteroatoms. The number of likely N-dealkylation sites (N-methyl/N-ethyl adjacent to an activating group) is 1. The number of carbonyl (C=O) groups excluding carboxylic acids is 1. The molecule has 0 fully saturated rings. The molecule has 0 N–H and O–H groups in total. The van der Waals surface area contributed by atoms with Crippen molar-refractivity contribution in [3.8, 4) is 16.5 Å². The molecule has 5 rings (SSSR count). The fourth-order valence-electron chi connectivity index (χ4n) is 3.83. The molecule has 0 atom stereocenters. The van der Waals surface area contributed by atoms with Gasteiger partial charge in [0.1, 0.15) is 11.6 Å². The second kappa shape index (κ2) is 8.12. The Balaban J connectivity index is 1.51. The minimum atomic E-state index is -0.240. The van der Waals surface area contributed by atoms with Gasteiger partial charge in [0.25, 0.3) is 5.91 Å².